The Balaban J connectivity index is 1.62. The number of ether oxygens (including phenoxy) is 1. The number of carbonyl (C=O) groups is 1. The molecule has 0 radical (unpaired) electrons. The fraction of sp³-hybridized carbons (Fsp3) is 0.611. The molecule has 1 aliphatic carbocycles. The van der Waals surface area contributed by atoms with Gasteiger partial charge in [-0.05, 0) is 50.0 Å². The summed E-state index contributed by atoms with van der Waals surface area (Å²) in [5.74, 6) is 1.24. The van der Waals surface area contributed by atoms with Gasteiger partial charge < -0.3 is 4.74 Å². The van der Waals surface area contributed by atoms with Crippen molar-refractivity contribution in [1.29, 1.82) is 0 Å². The van der Waals surface area contributed by atoms with E-state index in [1.165, 1.54) is 18.4 Å². The zero-order chi connectivity index (χ0) is 13.8. The van der Waals surface area contributed by atoms with Crippen LogP contribution >= 0.6 is 0 Å². The van der Waals surface area contributed by atoms with Crippen LogP contribution in [0.3, 0.4) is 0 Å². The molecule has 2 aliphatic rings. The van der Waals surface area contributed by atoms with Crippen LogP contribution in [0.1, 0.15) is 56.4 Å². The summed E-state index contributed by atoms with van der Waals surface area (Å²) in [4.78, 5) is 12.2. The normalized spacial score (nSPS) is 31.2. The molecule has 0 amide bonds. The van der Waals surface area contributed by atoms with Crippen LogP contribution in [0.5, 0.6) is 0 Å². The van der Waals surface area contributed by atoms with Crippen molar-refractivity contribution in [2.24, 2.45) is 5.92 Å². The van der Waals surface area contributed by atoms with Crippen molar-refractivity contribution >= 4 is 5.78 Å². The fourth-order valence-corrected chi connectivity index (χ4v) is 3.68. The van der Waals surface area contributed by atoms with Crippen LogP contribution in [0.4, 0.5) is 0 Å². The van der Waals surface area contributed by atoms with Crippen LogP contribution in [0.25, 0.3) is 0 Å². The number of benzene rings is 1. The summed E-state index contributed by atoms with van der Waals surface area (Å²) in [6.45, 7) is 0.883. The molecule has 1 saturated heterocycles. The van der Waals surface area contributed by atoms with Crippen molar-refractivity contribution in [3.63, 3.8) is 0 Å². The molecule has 2 fully saturated rings. The van der Waals surface area contributed by atoms with Crippen molar-refractivity contribution in [1.82, 2.24) is 0 Å². The van der Waals surface area contributed by atoms with Crippen LogP contribution in [-0.4, -0.2) is 18.5 Å². The van der Waals surface area contributed by atoms with Gasteiger partial charge in [-0.15, -0.1) is 0 Å². The number of hydrogen-bond donors (Lipinski definition) is 0. The Morgan fingerprint density at radius 1 is 1.10 bits per heavy atom. The maximum absolute atomic E-state index is 12.2. The van der Waals surface area contributed by atoms with Crippen LogP contribution in [0, 0.1) is 5.92 Å². The molecule has 1 aromatic carbocycles. The molecule has 1 aromatic rings. The second-order valence-corrected chi connectivity index (χ2v) is 6.27. The third kappa shape index (κ3) is 3.29. The third-order valence-electron chi connectivity index (χ3n) is 4.86. The highest BCUT2D eigenvalue weighted by atomic mass is 16.5. The van der Waals surface area contributed by atoms with Gasteiger partial charge in [0.25, 0.3) is 0 Å². The first-order chi connectivity index (χ1) is 9.83. The van der Waals surface area contributed by atoms with Crippen LogP contribution < -0.4 is 0 Å². The predicted octanol–water partition coefficient (Wildman–Crippen LogP) is 4.10. The van der Waals surface area contributed by atoms with Gasteiger partial charge in [0.05, 0.1) is 6.10 Å². The quantitative estimate of drug-likeness (QED) is 0.828. The highest BCUT2D eigenvalue weighted by Crippen LogP contribution is 2.37. The largest absolute Gasteiger partial charge is 0.378 e. The summed E-state index contributed by atoms with van der Waals surface area (Å²) < 4.78 is 5.82. The average Bonchev–Trinajstić information content (AvgIpc) is 2.51. The summed E-state index contributed by atoms with van der Waals surface area (Å²) in [6, 6.07) is 10.7. The van der Waals surface area contributed by atoms with E-state index in [4.69, 9.17) is 4.74 Å². The first kappa shape index (κ1) is 13.8. The lowest BCUT2D eigenvalue weighted by molar-refractivity contribution is -0.127. The molecule has 0 bridgehead atoms. The molecule has 20 heavy (non-hydrogen) atoms. The number of ketones is 1. The molecule has 3 atom stereocenters. The first-order valence-corrected chi connectivity index (χ1v) is 8.02. The summed E-state index contributed by atoms with van der Waals surface area (Å²) in [6.07, 6.45) is 7.63. The Morgan fingerprint density at radius 2 is 1.95 bits per heavy atom. The van der Waals surface area contributed by atoms with E-state index in [1.807, 2.05) is 0 Å². The van der Waals surface area contributed by atoms with Gasteiger partial charge in [0.1, 0.15) is 5.78 Å². The van der Waals surface area contributed by atoms with E-state index in [1.54, 1.807) is 0 Å². The molecule has 1 heterocycles. The molecule has 3 unspecified atom stereocenters. The minimum absolute atomic E-state index is 0.219. The molecule has 2 heteroatoms. The monoisotopic (exact) mass is 272 g/mol. The van der Waals surface area contributed by atoms with Gasteiger partial charge in [0.2, 0.25) is 0 Å². The number of hydrogen-bond acceptors (Lipinski definition) is 2. The Labute approximate surface area is 121 Å². The van der Waals surface area contributed by atoms with Crippen molar-refractivity contribution in [2.45, 2.75) is 57.0 Å². The Kier molecular flexibility index (Phi) is 4.51. The third-order valence-corrected chi connectivity index (χ3v) is 4.86. The highest BCUT2D eigenvalue weighted by Gasteiger charge is 2.31. The van der Waals surface area contributed by atoms with E-state index >= 15 is 0 Å². The Bertz CT molecular complexity index is 434. The van der Waals surface area contributed by atoms with Gasteiger partial charge in [-0.1, -0.05) is 30.3 Å². The smallest absolute Gasteiger partial charge is 0.136 e. The Hall–Kier alpha value is -1.15. The minimum Gasteiger partial charge on any atom is -0.378 e. The molecule has 1 saturated carbocycles. The molecule has 108 valence electrons. The molecule has 1 aliphatic heterocycles. The molecule has 0 N–H and O–H groups in total. The summed E-state index contributed by atoms with van der Waals surface area (Å²) >= 11 is 0. The maximum Gasteiger partial charge on any atom is 0.136 e. The van der Waals surface area contributed by atoms with Gasteiger partial charge in [-0.2, -0.15) is 0 Å². The lowest BCUT2D eigenvalue weighted by Gasteiger charge is -2.32. The number of rotatable bonds is 3. The van der Waals surface area contributed by atoms with Crippen LogP contribution in [0.2, 0.25) is 0 Å². The van der Waals surface area contributed by atoms with Crippen LogP contribution in [0.15, 0.2) is 30.3 Å². The summed E-state index contributed by atoms with van der Waals surface area (Å²) in [7, 11) is 0. The van der Waals surface area contributed by atoms with Crippen molar-refractivity contribution < 1.29 is 9.53 Å². The van der Waals surface area contributed by atoms with Gasteiger partial charge in [-0.3, -0.25) is 4.79 Å². The van der Waals surface area contributed by atoms with Crippen LogP contribution in [-0.2, 0) is 9.53 Å². The standard InChI is InChI=1S/C18H24O2/c19-18-10-9-15(14-6-2-1-3-7-14)12-16(18)13-17-8-4-5-11-20-17/h1-3,6-7,15-17H,4-5,8-13H2. The highest BCUT2D eigenvalue weighted by molar-refractivity contribution is 5.82. The average molecular weight is 272 g/mol. The predicted molar refractivity (Wildman–Crippen MR) is 79.7 cm³/mol. The van der Waals surface area contributed by atoms with Gasteiger partial charge in [0.15, 0.2) is 0 Å². The van der Waals surface area contributed by atoms with E-state index in [2.05, 4.69) is 30.3 Å². The molecular weight excluding hydrogens is 248 g/mol. The second-order valence-electron chi connectivity index (χ2n) is 6.27. The zero-order valence-electron chi connectivity index (χ0n) is 12.1. The van der Waals surface area contributed by atoms with E-state index in [0.717, 1.165) is 38.7 Å². The minimum atomic E-state index is 0.219. The first-order valence-electron chi connectivity index (χ1n) is 8.02. The lowest BCUT2D eigenvalue weighted by atomic mass is 9.75. The van der Waals surface area contributed by atoms with Crippen molar-refractivity contribution in [2.75, 3.05) is 6.61 Å². The van der Waals surface area contributed by atoms with E-state index in [9.17, 15) is 4.79 Å². The van der Waals surface area contributed by atoms with Crippen molar-refractivity contribution in [3.05, 3.63) is 35.9 Å². The van der Waals surface area contributed by atoms with Gasteiger partial charge in [0, 0.05) is 18.9 Å². The molecule has 3 rings (SSSR count). The Morgan fingerprint density at radius 3 is 2.70 bits per heavy atom. The van der Waals surface area contributed by atoms with E-state index < -0.39 is 0 Å². The number of Topliss-reactive ketones (excluding diaryl/α,β-unsaturated/α-hetero) is 1. The topological polar surface area (TPSA) is 26.3 Å². The fourth-order valence-electron chi connectivity index (χ4n) is 3.68. The number of carbonyl (C=O) groups excluding carboxylic acids is 1. The van der Waals surface area contributed by atoms with Gasteiger partial charge >= 0.3 is 0 Å². The summed E-state index contributed by atoms with van der Waals surface area (Å²) in [5.41, 5.74) is 1.40. The van der Waals surface area contributed by atoms with E-state index in [-0.39, 0.29) is 5.92 Å². The molecular formula is C18H24O2. The second kappa shape index (κ2) is 6.53. The zero-order valence-corrected chi connectivity index (χ0v) is 12.1. The molecule has 0 spiro atoms. The SMILES string of the molecule is O=C1CCC(c2ccccc2)CC1CC1CCCCO1. The summed E-state index contributed by atoms with van der Waals surface area (Å²) in [5, 5.41) is 0. The maximum atomic E-state index is 12.2. The van der Waals surface area contributed by atoms with Crippen molar-refractivity contribution in [3.8, 4) is 0 Å². The lowest BCUT2D eigenvalue weighted by Crippen LogP contribution is -2.30. The van der Waals surface area contributed by atoms with E-state index in [0.29, 0.717) is 17.8 Å². The molecule has 0 aromatic heterocycles. The molecule has 2 nitrogen and oxygen atoms in total. The van der Waals surface area contributed by atoms with Gasteiger partial charge in [-0.25, -0.2) is 0 Å².